The quantitative estimate of drug-likeness (QED) is 0.103. The third-order valence-electron chi connectivity index (χ3n) is 8.36. The minimum Gasteiger partial charge on any atom is -0.342 e. The molecule has 3 atom stereocenters. The Hall–Kier alpha value is -3.95. The lowest BCUT2D eigenvalue weighted by Crippen LogP contribution is -2.30. The molecule has 0 saturated carbocycles. The van der Waals surface area contributed by atoms with Crippen LogP contribution in [-0.4, -0.2) is 38.2 Å². The van der Waals surface area contributed by atoms with Crippen LogP contribution in [0.2, 0.25) is 0 Å². The third kappa shape index (κ3) is 6.29. The number of fused-ring (bicyclic) bond motifs is 2. The van der Waals surface area contributed by atoms with Gasteiger partial charge in [-0.3, -0.25) is 9.59 Å². The smallest absolute Gasteiger partial charge is 0.342 e. The number of hydrogen-bond acceptors (Lipinski definition) is 5. The van der Waals surface area contributed by atoms with Gasteiger partial charge in [-0.05, 0) is 66.6 Å². The van der Waals surface area contributed by atoms with Crippen LogP contribution in [0.1, 0.15) is 69.1 Å². The number of aromatic nitrogens is 4. The third-order valence-corrected chi connectivity index (χ3v) is 9.70. The fourth-order valence-corrected chi connectivity index (χ4v) is 7.55. The van der Waals surface area contributed by atoms with E-state index in [2.05, 4.69) is 48.4 Å². The number of benzene rings is 2. The van der Waals surface area contributed by atoms with Gasteiger partial charge >= 0.3 is 6.18 Å². The summed E-state index contributed by atoms with van der Waals surface area (Å²) in [5.41, 5.74) is 3.23. The molecule has 0 spiro atoms. The molecular formula is C31H26F5IN6O2. The molecule has 3 heterocycles. The van der Waals surface area contributed by atoms with Gasteiger partial charge in [0.05, 0.1) is 9.46 Å². The average Bonchev–Trinajstić information content (AvgIpc) is 3.48. The molecule has 1 aliphatic heterocycles. The molecule has 0 radical (unpaired) electrons. The van der Waals surface area contributed by atoms with E-state index in [4.69, 9.17) is 0 Å². The van der Waals surface area contributed by atoms with E-state index in [1.165, 1.54) is 16.7 Å². The molecule has 2 N–H and O–H groups in total. The standard InChI is InChI=1S/C31H26F5IN6O2/c32-23-5-1-3-21(26(23)33)19-8-9-24(28-42-41-25(43(28)15-19)14-31(34,35)36)40-29(45)17-6-7-18-12-30(37,13-20(18)11-17)22-4-2-10-38-27(22)39-16-44/h1-7,10-11,16,19,24H,8-9,12-15H2,(H,40,45)(H,38,39,44)/t19-,24-,30?/m1/s1. The predicted molar refractivity (Wildman–Crippen MR) is 162 cm³/mol. The average molecular weight is 736 g/mol. The van der Waals surface area contributed by atoms with Gasteiger partial charge in [0.2, 0.25) is 6.41 Å². The Morgan fingerprint density at radius 2 is 1.87 bits per heavy atom. The van der Waals surface area contributed by atoms with Crippen molar-refractivity contribution >= 4 is 40.7 Å². The summed E-state index contributed by atoms with van der Waals surface area (Å²) in [6, 6.07) is 12.0. The van der Waals surface area contributed by atoms with Gasteiger partial charge in [-0.2, -0.15) is 13.2 Å². The van der Waals surface area contributed by atoms with E-state index in [0.29, 0.717) is 30.6 Å². The summed E-state index contributed by atoms with van der Waals surface area (Å²) in [6.45, 7) is -0.105. The van der Waals surface area contributed by atoms with Crippen molar-refractivity contribution in [1.82, 2.24) is 25.1 Å². The van der Waals surface area contributed by atoms with Crippen molar-refractivity contribution in [2.45, 2.75) is 60.2 Å². The zero-order chi connectivity index (χ0) is 31.9. The molecule has 2 aromatic carbocycles. The first kappa shape index (κ1) is 31.0. The number of amides is 2. The second-order valence-corrected chi connectivity index (χ2v) is 13.3. The van der Waals surface area contributed by atoms with Crippen molar-refractivity contribution in [2.75, 3.05) is 5.32 Å². The number of anilines is 1. The molecule has 0 saturated heterocycles. The van der Waals surface area contributed by atoms with Crippen LogP contribution in [0, 0.1) is 11.6 Å². The second kappa shape index (κ2) is 12.1. The van der Waals surface area contributed by atoms with Gasteiger partial charge in [0, 0.05) is 29.8 Å². The number of carbonyl (C=O) groups is 2. The number of carbonyl (C=O) groups excluding carboxylic acids is 2. The summed E-state index contributed by atoms with van der Waals surface area (Å²) in [5, 5.41) is 13.4. The van der Waals surface area contributed by atoms with Gasteiger partial charge in [-0.1, -0.05) is 46.9 Å². The molecule has 2 aliphatic rings. The van der Waals surface area contributed by atoms with E-state index in [-0.39, 0.29) is 36.6 Å². The fourth-order valence-electron chi connectivity index (χ4n) is 6.29. The first-order valence-corrected chi connectivity index (χ1v) is 15.2. The van der Waals surface area contributed by atoms with Crippen molar-refractivity contribution in [3.05, 3.63) is 106 Å². The van der Waals surface area contributed by atoms with Crippen LogP contribution in [0.15, 0.2) is 54.7 Å². The van der Waals surface area contributed by atoms with Crippen molar-refractivity contribution in [1.29, 1.82) is 0 Å². The molecule has 14 heteroatoms. The Kier molecular flexibility index (Phi) is 8.35. The normalized spacial score (nSPS) is 21.0. The highest BCUT2D eigenvalue weighted by Crippen LogP contribution is 2.47. The van der Waals surface area contributed by atoms with Crippen LogP contribution in [0.5, 0.6) is 0 Å². The summed E-state index contributed by atoms with van der Waals surface area (Å²) >= 11 is 2.35. The molecule has 1 aliphatic carbocycles. The number of nitrogens with zero attached hydrogens (tertiary/aromatic N) is 4. The topological polar surface area (TPSA) is 102 Å². The van der Waals surface area contributed by atoms with Crippen molar-refractivity contribution < 1.29 is 31.5 Å². The number of halogens is 6. The van der Waals surface area contributed by atoms with E-state index < -0.39 is 45.5 Å². The van der Waals surface area contributed by atoms with Gasteiger partial charge < -0.3 is 15.2 Å². The number of hydrogen-bond donors (Lipinski definition) is 2. The summed E-state index contributed by atoms with van der Waals surface area (Å²) in [7, 11) is 0. The van der Waals surface area contributed by atoms with Crippen LogP contribution in [0.25, 0.3) is 0 Å². The first-order chi connectivity index (χ1) is 21.5. The number of rotatable bonds is 7. The van der Waals surface area contributed by atoms with Crippen molar-refractivity contribution in [3.63, 3.8) is 0 Å². The Morgan fingerprint density at radius 3 is 2.64 bits per heavy atom. The monoisotopic (exact) mass is 736 g/mol. The molecule has 0 bridgehead atoms. The van der Waals surface area contributed by atoms with Gasteiger partial charge in [-0.15, -0.1) is 10.2 Å². The highest BCUT2D eigenvalue weighted by atomic mass is 127. The zero-order valence-corrected chi connectivity index (χ0v) is 25.7. The van der Waals surface area contributed by atoms with Crippen LogP contribution < -0.4 is 10.6 Å². The van der Waals surface area contributed by atoms with Crippen LogP contribution in [0.3, 0.4) is 0 Å². The van der Waals surface area contributed by atoms with E-state index in [1.807, 2.05) is 12.1 Å². The van der Waals surface area contributed by atoms with Gasteiger partial charge in [0.15, 0.2) is 17.5 Å². The Labute approximate surface area is 268 Å². The summed E-state index contributed by atoms with van der Waals surface area (Å²) in [6.07, 6.45) is -2.07. The lowest BCUT2D eigenvalue weighted by molar-refractivity contribution is -0.129. The number of nitrogens with one attached hydrogen (secondary N) is 2. The van der Waals surface area contributed by atoms with Crippen LogP contribution in [-0.2, 0) is 34.0 Å². The fraction of sp³-hybridized carbons (Fsp3) is 0.323. The number of alkyl halides is 4. The molecule has 1 unspecified atom stereocenters. The van der Waals surface area contributed by atoms with E-state index in [1.54, 1.807) is 24.4 Å². The number of pyridine rings is 1. The van der Waals surface area contributed by atoms with E-state index in [0.717, 1.165) is 22.8 Å². The molecule has 45 heavy (non-hydrogen) atoms. The molecule has 2 amide bonds. The summed E-state index contributed by atoms with van der Waals surface area (Å²) < 4.78 is 69.9. The maximum Gasteiger partial charge on any atom is 0.396 e. The van der Waals surface area contributed by atoms with Gasteiger partial charge in [-0.25, -0.2) is 13.8 Å². The molecule has 6 rings (SSSR count). The van der Waals surface area contributed by atoms with Gasteiger partial charge in [0.25, 0.3) is 5.91 Å². The Morgan fingerprint density at radius 1 is 1.07 bits per heavy atom. The minimum absolute atomic E-state index is 0.0422. The molecule has 234 valence electrons. The lowest BCUT2D eigenvalue weighted by atomic mass is 9.92. The van der Waals surface area contributed by atoms with Crippen LogP contribution in [0.4, 0.5) is 27.8 Å². The summed E-state index contributed by atoms with van der Waals surface area (Å²) in [4.78, 5) is 29.0. The maximum absolute atomic E-state index is 14.8. The van der Waals surface area contributed by atoms with Crippen LogP contribution >= 0.6 is 22.6 Å². The molecule has 2 aromatic heterocycles. The zero-order valence-electron chi connectivity index (χ0n) is 23.5. The Balaban J connectivity index is 1.26. The molecular weight excluding hydrogens is 710 g/mol. The second-order valence-electron chi connectivity index (χ2n) is 11.3. The van der Waals surface area contributed by atoms with E-state index >= 15 is 0 Å². The first-order valence-electron chi connectivity index (χ1n) is 14.2. The molecule has 8 nitrogen and oxygen atoms in total. The predicted octanol–water partition coefficient (Wildman–Crippen LogP) is 6.10. The largest absolute Gasteiger partial charge is 0.396 e. The van der Waals surface area contributed by atoms with Crippen molar-refractivity contribution in [2.24, 2.45) is 0 Å². The van der Waals surface area contributed by atoms with E-state index in [9.17, 15) is 31.5 Å². The highest BCUT2D eigenvalue weighted by molar-refractivity contribution is 14.1. The highest BCUT2D eigenvalue weighted by Gasteiger charge is 2.39. The van der Waals surface area contributed by atoms with Crippen molar-refractivity contribution in [3.8, 4) is 0 Å². The summed E-state index contributed by atoms with van der Waals surface area (Å²) in [5.74, 6) is -3.01. The van der Waals surface area contributed by atoms with Gasteiger partial charge in [0.1, 0.15) is 18.1 Å². The minimum atomic E-state index is -4.58. The SMILES string of the molecule is O=CNc1ncccc1C1(I)Cc2ccc(C(=O)N[C@@H]3CC[C@@H](c4cccc(F)c4F)Cn4c(CC(F)(F)F)nnc43)cc2C1. The Bertz CT molecular complexity index is 1780. The maximum atomic E-state index is 14.8. The molecule has 4 aromatic rings. The lowest BCUT2D eigenvalue weighted by Gasteiger charge is -2.23. The molecule has 0 fully saturated rings.